The molecule has 0 aromatic heterocycles. The van der Waals surface area contributed by atoms with Gasteiger partial charge in [-0.2, -0.15) is 0 Å². The van der Waals surface area contributed by atoms with Crippen LogP contribution in [0.5, 0.6) is 0 Å². The van der Waals surface area contributed by atoms with Gasteiger partial charge in [0.05, 0.1) is 6.61 Å². The maximum absolute atomic E-state index is 8.74. The molecule has 0 heterocycles. The van der Waals surface area contributed by atoms with Gasteiger partial charge in [0.1, 0.15) is 0 Å². The first-order valence-electron chi connectivity index (χ1n) is 4.13. The van der Waals surface area contributed by atoms with Crippen LogP contribution in [0.3, 0.4) is 0 Å². The number of rotatable bonds is 3. The highest BCUT2D eigenvalue weighted by molar-refractivity contribution is 5.18. The first-order chi connectivity index (χ1) is 5.83. The SMILES string of the molecule is C/C(=C/Cc1ccccc1)CO. The Hall–Kier alpha value is -1.08. The molecule has 0 saturated heterocycles. The van der Waals surface area contributed by atoms with E-state index >= 15 is 0 Å². The highest BCUT2D eigenvalue weighted by atomic mass is 16.3. The summed E-state index contributed by atoms with van der Waals surface area (Å²) in [6, 6.07) is 10.2. The molecule has 0 spiro atoms. The lowest BCUT2D eigenvalue weighted by Gasteiger charge is -1.96. The van der Waals surface area contributed by atoms with Crippen molar-refractivity contribution in [3.8, 4) is 0 Å². The van der Waals surface area contributed by atoms with Gasteiger partial charge in [-0.05, 0) is 18.9 Å². The highest BCUT2D eigenvalue weighted by Crippen LogP contribution is 2.02. The number of hydrogen-bond donors (Lipinski definition) is 1. The van der Waals surface area contributed by atoms with Crippen LogP contribution in [0.25, 0.3) is 0 Å². The summed E-state index contributed by atoms with van der Waals surface area (Å²) >= 11 is 0. The fourth-order valence-corrected chi connectivity index (χ4v) is 0.971. The van der Waals surface area contributed by atoms with Crippen LogP contribution in [0.2, 0.25) is 0 Å². The second-order valence-electron chi connectivity index (χ2n) is 2.90. The second kappa shape index (κ2) is 4.73. The molecule has 0 fully saturated rings. The third-order valence-corrected chi connectivity index (χ3v) is 1.78. The van der Waals surface area contributed by atoms with Crippen molar-refractivity contribution in [3.63, 3.8) is 0 Å². The van der Waals surface area contributed by atoms with Gasteiger partial charge < -0.3 is 5.11 Å². The molecule has 1 rings (SSSR count). The number of hydrogen-bond acceptors (Lipinski definition) is 1. The molecule has 0 radical (unpaired) electrons. The highest BCUT2D eigenvalue weighted by Gasteiger charge is 1.88. The van der Waals surface area contributed by atoms with Gasteiger partial charge in [0.15, 0.2) is 0 Å². The minimum atomic E-state index is 0.160. The van der Waals surface area contributed by atoms with E-state index < -0.39 is 0 Å². The minimum Gasteiger partial charge on any atom is -0.392 e. The molecule has 0 aliphatic heterocycles. The first kappa shape index (κ1) is 9.01. The normalized spacial score (nSPS) is 11.7. The van der Waals surface area contributed by atoms with Crippen LogP contribution in [0.4, 0.5) is 0 Å². The van der Waals surface area contributed by atoms with Crippen molar-refractivity contribution in [1.82, 2.24) is 0 Å². The van der Waals surface area contributed by atoms with Gasteiger partial charge in [-0.25, -0.2) is 0 Å². The van der Waals surface area contributed by atoms with Gasteiger partial charge in [0, 0.05) is 0 Å². The van der Waals surface area contributed by atoms with Crippen molar-refractivity contribution < 1.29 is 5.11 Å². The average Bonchev–Trinajstić information content (AvgIpc) is 2.16. The summed E-state index contributed by atoms with van der Waals surface area (Å²) in [5, 5.41) is 8.74. The molecule has 12 heavy (non-hydrogen) atoms. The zero-order chi connectivity index (χ0) is 8.81. The summed E-state index contributed by atoms with van der Waals surface area (Å²) in [6.07, 6.45) is 2.96. The monoisotopic (exact) mass is 162 g/mol. The standard InChI is InChI=1S/C11H14O/c1-10(9-12)7-8-11-5-3-2-4-6-11/h2-7,12H,8-9H2,1H3/b10-7-. The lowest BCUT2D eigenvalue weighted by atomic mass is 10.1. The Morgan fingerprint density at radius 3 is 2.58 bits per heavy atom. The van der Waals surface area contributed by atoms with Crippen molar-refractivity contribution in [2.45, 2.75) is 13.3 Å². The van der Waals surface area contributed by atoms with Crippen molar-refractivity contribution in [2.75, 3.05) is 6.61 Å². The van der Waals surface area contributed by atoms with E-state index in [0.29, 0.717) is 0 Å². The Kier molecular flexibility index (Phi) is 3.55. The summed E-state index contributed by atoms with van der Waals surface area (Å²) < 4.78 is 0. The zero-order valence-corrected chi connectivity index (χ0v) is 7.33. The molecule has 1 aromatic rings. The minimum absolute atomic E-state index is 0.160. The second-order valence-corrected chi connectivity index (χ2v) is 2.90. The van der Waals surface area contributed by atoms with Crippen LogP contribution >= 0.6 is 0 Å². The fraction of sp³-hybridized carbons (Fsp3) is 0.273. The Bertz CT molecular complexity index is 249. The van der Waals surface area contributed by atoms with Gasteiger partial charge in [-0.15, -0.1) is 0 Å². The van der Waals surface area contributed by atoms with Crippen LogP contribution < -0.4 is 0 Å². The Labute approximate surface area is 73.4 Å². The van der Waals surface area contributed by atoms with Gasteiger partial charge in [0.2, 0.25) is 0 Å². The molecule has 0 unspecified atom stereocenters. The number of aliphatic hydroxyl groups is 1. The molecule has 1 heteroatoms. The van der Waals surface area contributed by atoms with Crippen LogP contribution in [-0.2, 0) is 6.42 Å². The lowest BCUT2D eigenvalue weighted by Crippen LogP contribution is -1.86. The van der Waals surface area contributed by atoms with Gasteiger partial charge >= 0.3 is 0 Å². The summed E-state index contributed by atoms with van der Waals surface area (Å²) in [5.74, 6) is 0. The molecule has 1 nitrogen and oxygen atoms in total. The molecule has 0 saturated carbocycles. The van der Waals surface area contributed by atoms with Crippen molar-refractivity contribution >= 4 is 0 Å². The smallest absolute Gasteiger partial charge is 0.0639 e. The predicted molar refractivity (Wildman–Crippen MR) is 51.0 cm³/mol. The molecule has 0 aliphatic rings. The van der Waals surface area contributed by atoms with Crippen molar-refractivity contribution in [3.05, 3.63) is 47.5 Å². The van der Waals surface area contributed by atoms with Gasteiger partial charge in [-0.3, -0.25) is 0 Å². The fourth-order valence-electron chi connectivity index (χ4n) is 0.971. The number of allylic oxidation sites excluding steroid dienone is 1. The molecule has 0 aliphatic carbocycles. The zero-order valence-electron chi connectivity index (χ0n) is 7.33. The topological polar surface area (TPSA) is 20.2 Å². The summed E-state index contributed by atoms with van der Waals surface area (Å²) in [5.41, 5.74) is 2.31. The molecular weight excluding hydrogens is 148 g/mol. The maximum atomic E-state index is 8.74. The number of benzene rings is 1. The van der Waals surface area contributed by atoms with E-state index in [9.17, 15) is 0 Å². The largest absolute Gasteiger partial charge is 0.392 e. The first-order valence-corrected chi connectivity index (χ1v) is 4.13. The van der Waals surface area contributed by atoms with E-state index in [4.69, 9.17) is 5.11 Å². The quantitative estimate of drug-likeness (QED) is 0.675. The average molecular weight is 162 g/mol. The molecule has 1 N–H and O–H groups in total. The Morgan fingerprint density at radius 2 is 2.00 bits per heavy atom. The van der Waals surface area contributed by atoms with Crippen LogP contribution in [0.1, 0.15) is 12.5 Å². The summed E-state index contributed by atoms with van der Waals surface area (Å²) in [7, 11) is 0. The van der Waals surface area contributed by atoms with Crippen molar-refractivity contribution in [1.29, 1.82) is 0 Å². The van der Waals surface area contributed by atoms with E-state index in [-0.39, 0.29) is 6.61 Å². The third kappa shape index (κ3) is 2.89. The maximum Gasteiger partial charge on any atom is 0.0639 e. The molecular formula is C11H14O. The van der Waals surface area contributed by atoms with E-state index in [1.807, 2.05) is 25.1 Å². The Balaban J connectivity index is 2.54. The van der Waals surface area contributed by atoms with E-state index in [0.717, 1.165) is 12.0 Å². The lowest BCUT2D eigenvalue weighted by molar-refractivity contribution is 0.331. The molecule has 64 valence electrons. The van der Waals surface area contributed by atoms with Gasteiger partial charge in [-0.1, -0.05) is 42.0 Å². The predicted octanol–water partition coefficient (Wildman–Crippen LogP) is 2.17. The molecule has 0 bridgehead atoms. The third-order valence-electron chi connectivity index (χ3n) is 1.78. The van der Waals surface area contributed by atoms with E-state index in [1.54, 1.807) is 0 Å². The number of aliphatic hydroxyl groups excluding tert-OH is 1. The van der Waals surface area contributed by atoms with Gasteiger partial charge in [0.25, 0.3) is 0 Å². The Morgan fingerprint density at radius 1 is 1.33 bits per heavy atom. The summed E-state index contributed by atoms with van der Waals surface area (Å²) in [6.45, 7) is 2.09. The van der Waals surface area contributed by atoms with Crippen LogP contribution in [0, 0.1) is 0 Å². The van der Waals surface area contributed by atoms with Crippen LogP contribution in [-0.4, -0.2) is 11.7 Å². The van der Waals surface area contributed by atoms with Crippen molar-refractivity contribution in [2.24, 2.45) is 0 Å². The van der Waals surface area contributed by atoms with E-state index in [1.165, 1.54) is 5.56 Å². The van der Waals surface area contributed by atoms with E-state index in [2.05, 4.69) is 18.2 Å². The molecule has 0 atom stereocenters. The molecule has 1 aromatic carbocycles. The summed E-state index contributed by atoms with van der Waals surface area (Å²) in [4.78, 5) is 0. The van der Waals surface area contributed by atoms with Crippen LogP contribution in [0.15, 0.2) is 42.0 Å². The molecule has 0 amide bonds.